The average Bonchev–Trinajstić information content (AvgIpc) is 2.72. The van der Waals surface area contributed by atoms with Gasteiger partial charge in [0.05, 0.1) is 6.04 Å². The van der Waals surface area contributed by atoms with Crippen LogP contribution in [0, 0.1) is 6.92 Å². The van der Waals surface area contributed by atoms with Crippen LogP contribution in [-0.2, 0) is 0 Å². The molecule has 0 radical (unpaired) electrons. The van der Waals surface area contributed by atoms with Crippen LogP contribution in [0.4, 0.5) is 0 Å². The van der Waals surface area contributed by atoms with E-state index in [9.17, 15) is 0 Å². The van der Waals surface area contributed by atoms with Crippen molar-refractivity contribution in [3.8, 4) is 0 Å². The smallest absolute Gasteiger partial charge is 0.223 e. The highest BCUT2D eigenvalue weighted by molar-refractivity contribution is 7.07. The lowest BCUT2D eigenvalue weighted by Gasteiger charge is -2.02. The van der Waals surface area contributed by atoms with Crippen LogP contribution in [0.1, 0.15) is 23.3 Å². The predicted octanol–water partition coefficient (Wildman–Crippen LogP) is 1.49. The largest absolute Gasteiger partial charge is 0.340 e. The zero-order valence-electron chi connectivity index (χ0n) is 7.10. The molecule has 13 heavy (non-hydrogen) atoms. The Morgan fingerprint density at radius 1 is 1.62 bits per heavy atom. The van der Waals surface area contributed by atoms with Gasteiger partial charge in [0.2, 0.25) is 5.89 Å². The molecule has 0 aliphatic carbocycles. The SMILES string of the molecule is Cc1nc(C(N)c2ccsc2)no1. The first-order chi connectivity index (χ1) is 6.27. The molecule has 2 rings (SSSR count). The molecular weight excluding hydrogens is 186 g/mol. The number of aryl methyl sites for hydroxylation is 1. The van der Waals surface area contributed by atoms with Crippen molar-refractivity contribution in [2.75, 3.05) is 0 Å². The van der Waals surface area contributed by atoms with Crippen LogP contribution in [-0.4, -0.2) is 10.1 Å². The van der Waals surface area contributed by atoms with Crippen molar-refractivity contribution < 1.29 is 4.52 Å². The number of thiophene rings is 1. The summed E-state index contributed by atoms with van der Waals surface area (Å²) >= 11 is 1.60. The molecule has 0 fully saturated rings. The second-order valence-corrected chi connectivity index (χ2v) is 3.49. The number of aromatic nitrogens is 2. The minimum Gasteiger partial charge on any atom is -0.340 e. The third-order valence-electron chi connectivity index (χ3n) is 1.72. The van der Waals surface area contributed by atoms with E-state index in [1.165, 1.54) is 0 Å². The monoisotopic (exact) mass is 195 g/mol. The molecule has 2 N–H and O–H groups in total. The van der Waals surface area contributed by atoms with Gasteiger partial charge in [-0.05, 0) is 22.4 Å². The van der Waals surface area contributed by atoms with Gasteiger partial charge in [-0.25, -0.2) is 0 Å². The third-order valence-corrected chi connectivity index (χ3v) is 2.43. The Balaban J connectivity index is 2.28. The quantitative estimate of drug-likeness (QED) is 0.788. The molecule has 2 aromatic rings. The van der Waals surface area contributed by atoms with Gasteiger partial charge in [0.25, 0.3) is 0 Å². The molecule has 0 aliphatic rings. The van der Waals surface area contributed by atoms with Crippen molar-refractivity contribution >= 4 is 11.3 Å². The molecule has 5 heteroatoms. The van der Waals surface area contributed by atoms with E-state index in [-0.39, 0.29) is 6.04 Å². The standard InChI is InChI=1S/C8H9N3OS/c1-5-10-8(11-12-5)7(9)6-2-3-13-4-6/h2-4,7H,9H2,1H3. The maximum Gasteiger partial charge on any atom is 0.223 e. The summed E-state index contributed by atoms with van der Waals surface area (Å²) in [5.41, 5.74) is 6.92. The van der Waals surface area contributed by atoms with Gasteiger partial charge in [0, 0.05) is 6.92 Å². The van der Waals surface area contributed by atoms with Crippen molar-refractivity contribution in [2.45, 2.75) is 13.0 Å². The zero-order valence-corrected chi connectivity index (χ0v) is 7.91. The molecule has 1 atom stereocenters. The molecule has 4 nitrogen and oxygen atoms in total. The summed E-state index contributed by atoms with van der Waals surface area (Å²) in [4.78, 5) is 4.07. The number of hydrogen-bond acceptors (Lipinski definition) is 5. The van der Waals surface area contributed by atoms with Gasteiger partial charge in [-0.15, -0.1) is 0 Å². The van der Waals surface area contributed by atoms with E-state index in [0.717, 1.165) is 5.56 Å². The molecule has 0 spiro atoms. The number of nitrogens with zero attached hydrogens (tertiary/aromatic N) is 2. The van der Waals surface area contributed by atoms with E-state index >= 15 is 0 Å². The maximum atomic E-state index is 5.90. The fourth-order valence-electron chi connectivity index (χ4n) is 1.04. The van der Waals surface area contributed by atoms with Gasteiger partial charge < -0.3 is 10.3 Å². The number of nitrogens with two attached hydrogens (primary N) is 1. The second-order valence-electron chi connectivity index (χ2n) is 2.71. The average molecular weight is 195 g/mol. The Morgan fingerprint density at radius 2 is 2.46 bits per heavy atom. The van der Waals surface area contributed by atoms with Crippen molar-refractivity contribution in [1.82, 2.24) is 10.1 Å². The predicted molar refractivity (Wildman–Crippen MR) is 49.4 cm³/mol. The Morgan fingerprint density at radius 3 is 3.00 bits per heavy atom. The normalized spacial score (nSPS) is 13.1. The fraction of sp³-hybridized carbons (Fsp3) is 0.250. The van der Waals surface area contributed by atoms with Crippen LogP contribution in [0.15, 0.2) is 21.3 Å². The molecule has 0 aliphatic heterocycles. The van der Waals surface area contributed by atoms with Crippen LogP contribution in [0.5, 0.6) is 0 Å². The first kappa shape index (κ1) is 8.40. The van der Waals surface area contributed by atoms with Crippen molar-refractivity contribution in [3.63, 3.8) is 0 Å². The maximum absolute atomic E-state index is 5.90. The Labute approximate surface area is 79.4 Å². The van der Waals surface area contributed by atoms with Crippen LogP contribution in [0.3, 0.4) is 0 Å². The third kappa shape index (κ3) is 1.61. The summed E-state index contributed by atoms with van der Waals surface area (Å²) in [6.07, 6.45) is 0. The highest BCUT2D eigenvalue weighted by Gasteiger charge is 2.14. The van der Waals surface area contributed by atoms with Crippen LogP contribution in [0.25, 0.3) is 0 Å². The van der Waals surface area contributed by atoms with Crippen molar-refractivity contribution in [1.29, 1.82) is 0 Å². The highest BCUT2D eigenvalue weighted by Crippen LogP contribution is 2.18. The van der Waals surface area contributed by atoms with E-state index in [1.54, 1.807) is 18.3 Å². The molecule has 1 unspecified atom stereocenters. The molecule has 0 aromatic carbocycles. The minimum absolute atomic E-state index is 0.274. The number of rotatable bonds is 2. The molecule has 0 amide bonds. The van der Waals surface area contributed by atoms with E-state index in [0.29, 0.717) is 11.7 Å². The lowest BCUT2D eigenvalue weighted by molar-refractivity contribution is 0.385. The highest BCUT2D eigenvalue weighted by atomic mass is 32.1. The second kappa shape index (κ2) is 3.27. The van der Waals surface area contributed by atoms with E-state index in [1.807, 2.05) is 16.8 Å². The van der Waals surface area contributed by atoms with Gasteiger partial charge in [0.15, 0.2) is 5.82 Å². The Bertz CT molecular complexity index is 382. The van der Waals surface area contributed by atoms with Gasteiger partial charge in [0.1, 0.15) is 0 Å². The summed E-state index contributed by atoms with van der Waals surface area (Å²) in [6, 6.07) is 1.68. The summed E-state index contributed by atoms with van der Waals surface area (Å²) in [5.74, 6) is 1.08. The summed E-state index contributed by atoms with van der Waals surface area (Å²) < 4.78 is 4.85. The molecule has 2 heterocycles. The zero-order chi connectivity index (χ0) is 9.26. The van der Waals surface area contributed by atoms with Gasteiger partial charge in [-0.2, -0.15) is 16.3 Å². The first-order valence-corrected chi connectivity index (χ1v) is 4.79. The van der Waals surface area contributed by atoms with Gasteiger partial charge in [-0.1, -0.05) is 5.16 Å². The summed E-state index contributed by atoms with van der Waals surface area (Å²) in [5, 5.41) is 7.72. The molecular formula is C8H9N3OS. The lowest BCUT2D eigenvalue weighted by atomic mass is 10.1. The molecule has 68 valence electrons. The Hall–Kier alpha value is -1.20. The topological polar surface area (TPSA) is 64.9 Å². The van der Waals surface area contributed by atoms with E-state index in [2.05, 4.69) is 10.1 Å². The molecule has 0 bridgehead atoms. The van der Waals surface area contributed by atoms with E-state index in [4.69, 9.17) is 10.3 Å². The van der Waals surface area contributed by atoms with E-state index < -0.39 is 0 Å². The molecule has 2 aromatic heterocycles. The minimum atomic E-state index is -0.274. The molecule has 0 saturated heterocycles. The van der Waals surface area contributed by atoms with Crippen LogP contribution < -0.4 is 5.73 Å². The summed E-state index contributed by atoms with van der Waals surface area (Å²) in [6.45, 7) is 1.75. The van der Waals surface area contributed by atoms with Crippen LogP contribution in [0.2, 0.25) is 0 Å². The fourth-order valence-corrected chi connectivity index (χ4v) is 1.74. The van der Waals surface area contributed by atoms with Gasteiger partial charge in [-0.3, -0.25) is 0 Å². The number of hydrogen-bond donors (Lipinski definition) is 1. The lowest BCUT2D eigenvalue weighted by Crippen LogP contribution is -2.12. The molecule has 0 saturated carbocycles. The van der Waals surface area contributed by atoms with Gasteiger partial charge >= 0.3 is 0 Å². The van der Waals surface area contributed by atoms with Crippen molar-refractivity contribution in [2.24, 2.45) is 5.73 Å². The summed E-state index contributed by atoms with van der Waals surface area (Å²) in [7, 11) is 0. The Kier molecular flexibility index (Phi) is 2.12. The van der Waals surface area contributed by atoms with Crippen LogP contribution >= 0.6 is 11.3 Å². The first-order valence-electron chi connectivity index (χ1n) is 3.85. The van der Waals surface area contributed by atoms with Crippen molar-refractivity contribution in [3.05, 3.63) is 34.1 Å².